The van der Waals surface area contributed by atoms with E-state index in [1.807, 2.05) is 49.4 Å². The molecule has 0 fully saturated rings. The lowest BCUT2D eigenvalue weighted by atomic mass is 10.2. The Bertz CT molecular complexity index is 857. The zero-order valence-electron chi connectivity index (χ0n) is 12.1. The van der Waals surface area contributed by atoms with E-state index in [-0.39, 0.29) is 5.91 Å². The molecule has 1 N–H and O–H groups in total. The van der Waals surface area contributed by atoms with Crippen LogP contribution in [-0.2, 0) is 0 Å². The van der Waals surface area contributed by atoms with E-state index in [0.29, 0.717) is 21.3 Å². The molecule has 3 aromatic rings. The number of fused-ring (bicyclic) bond motifs is 1. The van der Waals surface area contributed by atoms with Gasteiger partial charge in [-0.15, -0.1) is 11.3 Å². The smallest absolute Gasteiger partial charge is 0.267 e. The van der Waals surface area contributed by atoms with Gasteiger partial charge in [0.1, 0.15) is 10.6 Å². The monoisotopic (exact) mass is 331 g/mol. The molecule has 0 aliphatic rings. The third-order valence-electron chi connectivity index (χ3n) is 3.34. The second-order valence-electron chi connectivity index (χ2n) is 4.90. The Labute approximate surface area is 137 Å². The summed E-state index contributed by atoms with van der Waals surface area (Å²) in [6.07, 6.45) is 0. The van der Waals surface area contributed by atoms with Crippen LogP contribution < -0.4 is 10.1 Å². The van der Waals surface area contributed by atoms with Crippen LogP contribution in [-0.4, -0.2) is 13.0 Å². The molecule has 1 heterocycles. The lowest BCUT2D eigenvalue weighted by Crippen LogP contribution is -2.11. The Morgan fingerprint density at radius 3 is 2.73 bits per heavy atom. The number of carbonyl (C=O) groups is 1. The molecule has 0 radical (unpaired) electrons. The van der Waals surface area contributed by atoms with Gasteiger partial charge in [0.25, 0.3) is 5.91 Å². The molecule has 0 atom stereocenters. The molecule has 5 heteroatoms. The van der Waals surface area contributed by atoms with Crippen molar-refractivity contribution in [3.63, 3.8) is 0 Å². The van der Waals surface area contributed by atoms with Crippen molar-refractivity contribution in [2.75, 3.05) is 12.4 Å². The molecule has 0 aliphatic carbocycles. The van der Waals surface area contributed by atoms with E-state index in [1.165, 1.54) is 11.3 Å². The molecule has 1 amide bonds. The lowest BCUT2D eigenvalue weighted by molar-refractivity contribution is 0.103. The van der Waals surface area contributed by atoms with E-state index in [2.05, 4.69) is 5.32 Å². The molecule has 0 saturated heterocycles. The first-order chi connectivity index (χ1) is 10.6. The average Bonchev–Trinajstić information content (AvgIpc) is 2.85. The number of hydrogen-bond donors (Lipinski definition) is 1. The van der Waals surface area contributed by atoms with Gasteiger partial charge in [-0.05, 0) is 30.7 Å². The van der Waals surface area contributed by atoms with Gasteiger partial charge in [-0.3, -0.25) is 4.79 Å². The summed E-state index contributed by atoms with van der Waals surface area (Å²) in [5.74, 6) is 0.395. The third-order valence-corrected chi connectivity index (χ3v) is 5.02. The highest BCUT2D eigenvalue weighted by atomic mass is 35.5. The van der Waals surface area contributed by atoms with Crippen molar-refractivity contribution in [1.82, 2.24) is 0 Å². The van der Waals surface area contributed by atoms with Crippen molar-refractivity contribution in [2.45, 2.75) is 6.92 Å². The molecule has 0 aliphatic heterocycles. The van der Waals surface area contributed by atoms with Crippen LogP contribution in [0.15, 0.2) is 42.5 Å². The second kappa shape index (κ2) is 5.99. The van der Waals surface area contributed by atoms with Gasteiger partial charge < -0.3 is 10.1 Å². The first-order valence-electron chi connectivity index (χ1n) is 6.73. The highest BCUT2D eigenvalue weighted by Crippen LogP contribution is 2.36. The highest BCUT2D eigenvalue weighted by Gasteiger charge is 2.18. The number of halogens is 1. The fraction of sp³-hybridized carbons (Fsp3) is 0.118. The SMILES string of the molecule is COc1ccc(C)cc1NC(=O)c1sc2ccccc2c1Cl. The first kappa shape index (κ1) is 14.9. The van der Waals surface area contributed by atoms with Gasteiger partial charge in [0.05, 0.1) is 17.8 Å². The van der Waals surface area contributed by atoms with Crippen molar-refractivity contribution < 1.29 is 9.53 Å². The summed E-state index contributed by atoms with van der Waals surface area (Å²) in [4.78, 5) is 13.0. The second-order valence-corrected chi connectivity index (χ2v) is 6.33. The van der Waals surface area contributed by atoms with Crippen molar-refractivity contribution in [3.8, 4) is 5.75 Å². The number of ether oxygens (including phenoxy) is 1. The minimum absolute atomic E-state index is 0.227. The van der Waals surface area contributed by atoms with Crippen LogP contribution in [0.5, 0.6) is 5.75 Å². The Hall–Kier alpha value is -2.04. The van der Waals surface area contributed by atoms with Crippen molar-refractivity contribution in [2.24, 2.45) is 0 Å². The summed E-state index contributed by atoms with van der Waals surface area (Å²) in [5, 5.41) is 4.27. The molecule has 1 aromatic heterocycles. The quantitative estimate of drug-likeness (QED) is 0.723. The molecule has 3 rings (SSSR count). The topological polar surface area (TPSA) is 38.3 Å². The molecule has 0 bridgehead atoms. The van der Waals surface area contributed by atoms with E-state index in [0.717, 1.165) is 15.6 Å². The van der Waals surface area contributed by atoms with E-state index in [4.69, 9.17) is 16.3 Å². The minimum atomic E-state index is -0.227. The molecule has 3 nitrogen and oxygen atoms in total. The number of nitrogens with one attached hydrogen (secondary N) is 1. The highest BCUT2D eigenvalue weighted by molar-refractivity contribution is 7.21. The van der Waals surface area contributed by atoms with Gasteiger partial charge in [-0.25, -0.2) is 0 Å². The van der Waals surface area contributed by atoms with Gasteiger partial charge in [-0.2, -0.15) is 0 Å². The molecule has 0 saturated carbocycles. The Morgan fingerprint density at radius 1 is 1.23 bits per heavy atom. The zero-order valence-corrected chi connectivity index (χ0v) is 13.7. The molecule has 112 valence electrons. The van der Waals surface area contributed by atoms with Gasteiger partial charge in [0.15, 0.2) is 0 Å². The summed E-state index contributed by atoms with van der Waals surface area (Å²) >= 11 is 7.73. The van der Waals surface area contributed by atoms with Crippen molar-refractivity contribution >= 4 is 44.6 Å². The number of methoxy groups -OCH3 is 1. The first-order valence-corrected chi connectivity index (χ1v) is 7.92. The van der Waals surface area contributed by atoms with Gasteiger partial charge in [0.2, 0.25) is 0 Å². The molecule has 0 unspecified atom stereocenters. The van der Waals surface area contributed by atoms with Crippen molar-refractivity contribution in [3.05, 3.63) is 57.9 Å². The Kier molecular flexibility index (Phi) is 4.05. The van der Waals surface area contributed by atoms with Crippen molar-refractivity contribution in [1.29, 1.82) is 0 Å². The van der Waals surface area contributed by atoms with Crippen LogP contribution in [0.4, 0.5) is 5.69 Å². The largest absolute Gasteiger partial charge is 0.495 e. The summed E-state index contributed by atoms with van der Waals surface area (Å²) < 4.78 is 6.28. The number of aryl methyl sites for hydroxylation is 1. The van der Waals surface area contributed by atoms with Crippen LogP contribution in [0.25, 0.3) is 10.1 Å². The van der Waals surface area contributed by atoms with Crippen LogP contribution >= 0.6 is 22.9 Å². The number of amides is 1. The molecular formula is C17H14ClNO2S. The molecule has 0 spiro atoms. The van der Waals surface area contributed by atoms with Gasteiger partial charge in [0, 0.05) is 10.1 Å². The fourth-order valence-electron chi connectivity index (χ4n) is 2.26. The maximum atomic E-state index is 12.5. The van der Waals surface area contributed by atoms with Crippen LogP contribution in [0.2, 0.25) is 5.02 Å². The van der Waals surface area contributed by atoms with Crippen LogP contribution in [0.1, 0.15) is 15.2 Å². The number of rotatable bonds is 3. The molecular weight excluding hydrogens is 318 g/mol. The van der Waals surface area contributed by atoms with E-state index < -0.39 is 0 Å². The Balaban J connectivity index is 1.97. The average molecular weight is 332 g/mol. The van der Waals surface area contributed by atoms with Crippen LogP contribution in [0.3, 0.4) is 0 Å². The minimum Gasteiger partial charge on any atom is -0.495 e. The maximum absolute atomic E-state index is 12.5. The number of thiophene rings is 1. The lowest BCUT2D eigenvalue weighted by Gasteiger charge is -2.10. The summed E-state index contributed by atoms with van der Waals surface area (Å²) in [5.41, 5.74) is 1.68. The normalized spacial score (nSPS) is 10.7. The summed E-state index contributed by atoms with van der Waals surface area (Å²) in [6.45, 7) is 1.96. The fourth-order valence-corrected chi connectivity index (χ4v) is 3.67. The maximum Gasteiger partial charge on any atom is 0.267 e. The number of hydrogen-bond acceptors (Lipinski definition) is 3. The number of anilines is 1. The summed E-state index contributed by atoms with van der Waals surface area (Å²) in [7, 11) is 1.58. The third kappa shape index (κ3) is 2.67. The number of benzene rings is 2. The van der Waals surface area contributed by atoms with E-state index in [9.17, 15) is 4.79 Å². The van der Waals surface area contributed by atoms with Gasteiger partial charge in [-0.1, -0.05) is 35.9 Å². The predicted octanol–water partition coefficient (Wildman–Crippen LogP) is 5.12. The van der Waals surface area contributed by atoms with E-state index >= 15 is 0 Å². The standard InChI is InChI=1S/C17H14ClNO2S/c1-10-7-8-13(21-2)12(9-10)19-17(20)16-15(18)11-5-3-4-6-14(11)22-16/h3-9H,1-2H3,(H,19,20). The zero-order chi connectivity index (χ0) is 15.7. The predicted molar refractivity (Wildman–Crippen MR) is 92.5 cm³/mol. The van der Waals surface area contributed by atoms with E-state index in [1.54, 1.807) is 7.11 Å². The Morgan fingerprint density at radius 2 is 2.00 bits per heavy atom. The van der Waals surface area contributed by atoms with Crippen LogP contribution in [0, 0.1) is 6.92 Å². The number of carbonyl (C=O) groups excluding carboxylic acids is 1. The molecule has 2 aromatic carbocycles. The molecule has 22 heavy (non-hydrogen) atoms. The summed E-state index contributed by atoms with van der Waals surface area (Å²) in [6, 6.07) is 13.3. The van der Waals surface area contributed by atoms with Gasteiger partial charge >= 0.3 is 0 Å².